The number of carbonyl (C=O) groups is 1. The van der Waals surface area contributed by atoms with Gasteiger partial charge in [0.2, 0.25) is 0 Å². The predicted molar refractivity (Wildman–Crippen MR) is 63.3 cm³/mol. The van der Waals surface area contributed by atoms with Crippen molar-refractivity contribution in [3.63, 3.8) is 0 Å². The van der Waals surface area contributed by atoms with Crippen LogP contribution in [-0.4, -0.2) is 12.8 Å². The molecule has 0 fully saturated rings. The topological polar surface area (TPSA) is 35.5 Å². The molecule has 0 aromatic heterocycles. The van der Waals surface area contributed by atoms with Crippen LogP contribution < -0.4 is 4.74 Å². The van der Waals surface area contributed by atoms with Crippen molar-refractivity contribution >= 4 is 29.4 Å². The van der Waals surface area contributed by atoms with Crippen LogP contribution in [0, 0.1) is 0 Å². The molecule has 0 spiro atoms. The van der Waals surface area contributed by atoms with Crippen molar-refractivity contribution < 1.29 is 14.3 Å². The van der Waals surface area contributed by atoms with Gasteiger partial charge in [-0.3, -0.25) is 0 Å². The summed E-state index contributed by atoms with van der Waals surface area (Å²) in [6.45, 7) is 2.34. The lowest BCUT2D eigenvalue weighted by Crippen LogP contribution is -2.11. The van der Waals surface area contributed by atoms with Crippen LogP contribution in [-0.2, 0) is 4.74 Å². The summed E-state index contributed by atoms with van der Waals surface area (Å²) in [5, 5.41) is 0.539. The predicted octanol–water partition coefficient (Wildman–Crippen LogP) is 4.31. The average Bonchev–Trinajstić information content (AvgIpc) is 2.25. The van der Waals surface area contributed by atoms with Gasteiger partial charge in [0.25, 0.3) is 0 Å². The number of hydrogen-bond acceptors (Lipinski definition) is 3. The van der Waals surface area contributed by atoms with Crippen LogP contribution in [0.2, 0.25) is 10.0 Å². The highest BCUT2D eigenvalue weighted by Crippen LogP contribution is 2.31. The second-order valence-electron chi connectivity index (χ2n) is 3.11. The van der Waals surface area contributed by atoms with E-state index in [4.69, 9.17) is 32.7 Å². The van der Waals surface area contributed by atoms with Crippen LogP contribution in [0.4, 0.5) is 4.79 Å². The van der Waals surface area contributed by atoms with E-state index in [9.17, 15) is 4.79 Å². The Balaban J connectivity index is 2.53. The minimum atomic E-state index is -0.766. The Hall–Kier alpha value is -0.930. The molecule has 0 amide bonds. The third-order valence-electron chi connectivity index (χ3n) is 1.83. The third-order valence-corrected chi connectivity index (χ3v) is 2.63. The minimum absolute atomic E-state index is 0.204. The van der Waals surface area contributed by atoms with E-state index >= 15 is 0 Å². The number of carbonyl (C=O) groups excluding carboxylic acids is 1. The number of rotatable bonds is 4. The smallest absolute Gasteiger partial charge is 0.434 e. The van der Waals surface area contributed by atoms with Crippen LogP contribution >= 0.6 is 23.2 Å². The SMILES string of the molecule is CCCCOC(=O)Oc1cccc(Cl)c1Cl. The molecule has 0 N–H and O–H groups in total. The normalized spacial score (nSPS) is 9.94. The molecule has 0 aliphatic carbocycles. The maximum atomic E-state index is 11.2. The molecule has 0 heterocycles. The zero-order valence-electron chi connectivity index (χ0n) is 8.83. The molecule has 5 heteroatoms. The van der Waals surface area contributed by atoms with Gasteiger partial charge < -0.3 is 9.47 Å². The first-order chi connectivity index (χ1) is 7.65. The summed E-state index contributed by atoms with van der Waals surface area (Å²) in [5.74, 6) is 0.204. The van der Waals surface area contributed by atoms with Gasteiger partial charge in [0, 0.05) is 0 Å². The first-order valence-electron chi connectivity index (χ1n) is 4.93. The highest BCUT2D eigenvalue weighted by molar-refractivity contribution is 6.42. The zero-order chi connectivity index (χ0) is 12.0. The lowest BCUT2D eigenvalue weighted by atomic mass is 10.3. The fraction of sp³-hybridized carbons (Fsp3) is 0.364. The summed E-state index contributed by atoms with van der Waals surface area (Å²) in [7, 11) is 0. The summed E-state index contributed by atoms with van der Waals surface area (Å²) < 4.78 is 9.71. The second-order valence-corrected chi connectivity index (χ2v) is 3.89. The van der Waals surface area contributed by atoms with E-state index in [1.807, 2.05) is 6.92 Å². The van der Waals surface area contributed by atoms with E-state index in [0.717, 1.165) is 12.8 Å². The number of unbranched alkanes of at least 4 members (excludes halogenated alkanes) is 1. The summed E-state index contributed by atoms with van der Waals surface area (Å²) >= 11 is 11.6. The van der Waals surface area contributed by atoms with E-state index in [0.29, 0.717) is 11.6 Å². The van der Waals surface area contributed by atoms with Crippen molar-refractivity contribution in [2.75, 3.05) is 6.61 Å². The fourth-order valence-electron chi connectivity index (χ4n) is 0.982. The molecule has 0 bridgehead atoms. The summed E-state index contributed by atoms with van der Waals surface area (Å²) in [6, 6.07) is 4.80. The van der Waals surface area contributed by atoms with Crippen LogP contribution in [0.15, 0.2) is 18.2 Å². The van der Waals surface area contributed by atoms with E-state index in [-0.39, 0.29) is 10.8 Å². The Labute approximate surface area is 104 Å². The molecule has 0 aliphatic heterocycles. The Kier molecular flexibility index (Phi) is 5.43. The van der Waals surface area contributed by atoms with Gasteiger partial charge in [-0.2, -0.15) is 0 Å². The lowest BCUT2D eigenvalue weighted by molar-refractivity contribution is 0.0979. The van der Waals surface area contributed by atoms with Gasteiger partial charge in [-0.15, -0.1) is 0 Å². The van der Waals surface area contributed by atoms with Crippen molar-refractivity contribution in [1.82, 2.24) is 0 Å². The van der Waals surface area contributed by atoms with Crippen LogP contribution in [0.1, 0.15) is 19.8 Å². The standard InChI is InChI=1S/C11H12Cl2O3/c1-2-3-7-15-11(14)16-9-6-4-5-8(12)10(9)13/h4-6H,2-3,7H2,1H3. The molecule has 0 radical (unpaired) electrons. The lowest BCUT2D eigenvalue weighted by Gasteiger charge is -2.07. The van der Waals surface area contributed by atoms with Gasteiger partial charge >= 0.3 is 6.16 Å². The van der Waals surface area contributed by atoms with Crippen molar-refractivity contribution in [2.45, 2.75) is 19.8 Å². The minimum Gasteiger partial charge on any atom is -0.434 e. The Morgan fingerprint density at radius 1 is 1.38 bits per heavy atom. The molecule has 0 unspecified atom stereocenters. The highest BCUT2D eigenvalue weighted by Gasteiger charge is 2.11. The van der Waals surface area contributed by atoms with Crippen LogP contribution in [0.25, 0.3) is 0 Å². The molecule has 0 aliphatic rings. The summed E-state index contributed by atoms with van der Waals surface area (Å²) in [5.41, 5.74) is 0. The maximum absolute atomic E-state index is 11.2. The van der Waals surface area contributed by atoms with Gasteiger partial charge in [0.1, 0.15) is 5.02 Å². The molecule has 0 saturated carbocycles. The molecule has 16 heavy (non-hydrogen) atoms. The third kappa shape index (κ3) is 3.91. The zero-order valence-corrected chi connectivity index (χ0v) is 10.3. The van der Waals surface area contributed by atoms with Crippen LogP contribution in [0.3, 0.4) is 0 Å². The molecule has 0 saturated heterocycles. The van der Waals surface area contributed by atoms with E-state index in [2.05, 4.69) is 0 Å². The van der Waals surface area contributed by atoms with Crippen LogP contribution in [0.5, 0.6) is 5.75 Å². The van der Waals surface area contributed by atoms with E-state index in [1.165, 1.54) is 0 Å². The summed E-state index contributed by atoms with van der Waals surface area (Å²) in [6.07, 6.45) is 0.987. The van der Waals surface area contributed by atoms with E-state index in [1.54, 1.807) is 18.2 Å². The molecule has 3 nitrogen and oxygen atoms in total. The first-order valence-corrected chi connectivity index (χ1v) is 5.69. The average molecular weight is 263 g/mol. The fourth-order valence-corrected chi connectivity index (χ4v) is 1.31. The Morgan fingerprint density at radius 3 is 2.81 bits per heavy atom. The second kappa shape index (κ2) is 6.61. The van der Waals surface area contributed by atoms with Gasteiger partial charge in [-0.05, 0) is 18.6 Å². The molecular formula is C11H12Cl2O3. The van der Waals surface area contributed by atoms with Gasteiger partial charge in [-0.1, -0.05) is 42.6 Å². The number of ether oxygens (including phenoxy) is 2. The molecule has 1 aromatic rings. The number of benzene rings is 1. The monoisotopic (exact) mass is 262 g/mol. The molecule has 1 aromatic carbocycles. The summed E-state index contributed by atoms with van der Waals surface area (Å²) in [4.78, 5) is 11.2. The van der Waals surface area contributed by atoms with E-state index < -0.39 is 6.16 Å². The highest BCUT2D eigenvalue weighted by atomic mass is 35.5. The van der Waals surface area contributed by atoms with Crippen molar-refractivity contribution in [1.29, 1.82) is 0 Å². The van der Waals surface area contributed by atoms with Gasteiger partial charge in [-0.25, -0.2) is 4.79 Å². The van der Waals surface area contributed by atoms with Crippen molar-refractivity contribution in [3.05, 3.63) is 28.2 Å². The molecule has 88 valence electrons. The van der Waals surface area contributed by atoms with Crippen molar-refractivity contribution in [2.24, 2.45) is 0 Å². The molecule has 1 rings (SSSR count). The quantitative estimate of drug-likeness (QED) is 0.461. The molecule has 0 atom stereocenters. The number of halogens is 2. The first kappa shape index (κ1) is 13.1. The Morgan fingerprint density at radius 2 is 2.12 bits per heavy atom. The van der Waals surface area contributed by atoms with Gasteiger partial charge in [0.05, 0.1) is 11.6 Å². The van der Waals surface area contributed by atoms with Crippen molar-refractivity contribution in [3.8, 4) is 5.75 Å². The Bertz CT molecular complexity index is 366. The molecular weight excluding hydrogens is 251 g/mol. The largest absolute Gasteiger partial charge is 0.513 e. The van der Waals surface area contributed by atoms with Gasteiger partial charge in [0.15, 0.2) is 5.75 Å². The maximum Gasteiger partial charge on any atom is 0.513 e. The number of hydrogen-bond donors (Lipinski definition) is 0.